The van der Waals surface area contributed by atoms with Gasteiger partial charge in [0.1, 0.15) is 0 Å². The van der Waals surface area contributed by atoms with Gasteiger partial charge in [-0.1, -0.05) is 58.9 Å². The molecule has 0 fully saturated rings. The van der Waals surface area contributed by atoms with Crippen molar-refractivity contribution in [1.29, 1.82) is 0 Å². The molecule has 0 aliphatic heterocycles. The minimum atomic E-state index is 0.989. The summed E-state index contributed by atoms with van der Waals surface area (Å²) in [7, 11) is 0. The first-order valence-corrected chi connectivity index (χ1v) is 9.44. The van der Waals surface area contributed by atoms with E-state index >= 15 is 0 Å². The molecule has 0 saturated heterocycles. The quantitative estimate of drug-likeness (QED) is 0.429. The van der Waals surface area contributed by atoms with E-state index in [0.29, 0.717) is 0 Å². The standard InChI is InChI=1S/C24H34/c1-8-13-15-17-22-20(11-4)19(7)24(18(6)10-3)23(16-14-9-2)21(22)12-5/h10,12,14H,3,6,8-9,11,13,15,17H2,1-2,4-5,7H3. The van der Waals surface area contributed by atoms with Crippen molar-refractivity contribution >= 4 is 17.4 Å². The van der Waals surface area contributed by atoms with E-state index in [1.807, 2.05) is 6.08 Å². The van der Waals surface area contributed by atoms with Gasteiger partial charge in [-0.05, 0) is 78.7 Å². The van der Waals surface area contributed by atoms with Crippen LogP contribution in [0.5, 0.6) is 0 Å². The summed E-state index contributed by atoms with van der Waals surface area (Å²) in [6.45, 7) is 19.2. The number of benzene rings is 1. The van der Waals surface area contributed by atoms with Gasteiger partial charge in [-0.15, -0.1) is 5.73 Å². The number of unbranched alkanes of at least 4 members (excludes halogenated alkanes) is 2. The smallest absolute Gasteiger partial charge is 0.0314 e. The number of hydrogen-bond acceptors (Lipinski definition) is 0. The van der Waals surface area contributed by atoms with Gasteiger partial charge in [-0.25, -0.2) is 0 Å². The first kappa shape index (κ1) is 20.3. The Morgan fingerprint density at radius 1 is 1.12 bits per heavy atom. The highest BCUT2D eigenvalue weighted by Gasteiger charge is 2.14. The molecule has 0 bridgehead atoms. The van der Waals surface area contributed by atoms with E-state index in [9.17, 15) is 0 Å². The van der Waals surface area contributed by atoms with Crippen LogP contribution in [-0.4, -0.2) is 0 Å². The van der Waals surface area contributed by atoms with Crippen molar-refractivity contribution in [2.24, 2.45) is 0 Å². The third-order valence-corrected chi connectivity index (χ3v) is 4.73. The van der Waals surface area contributed by atoms with Crippen LogP contribution in [0.15, 0.2) is 25.3 Å². The lowest BCUT2D eigenvalue weighted by Gasteiger charge is -2.18. The topological polar surface area (TPSA) is 0 Å². The molecule has 1 rings (SSSR count). The van der Waals surface area contributed by atoms with Crippen LogP contribution in [0.25, 0.3) is 17.4 Å². The summed E-state index contributed by atoms with van der Waals surface area (Å²) in [4.78, 5) is 0. The zero-order valence-electron chi connectivity index (χ0n) is 16.4. The molecule has 0 aromatic heterocycles. The zero-order chi connectivity index (χ0) is 18.1. The molecule has 0 radical (unpaired) electrons. The molecule has 0 aliphatic rings. The fourth-order valence-electron chi connectivity index (χ4n) is 3.50. The van der Waals surface area contributed by atoms with Gasteiger partial charge >= 0.3 is 0 Å². The summed E-state index contributed by atoms with van der Waals surface area (Å²) >= 11 is 0. The Labute approximate surface area is 149 Å². The lowest BCUT2D eigenvalue weighted by Crippen LogP contribution is -2.34. The Balaban J connectivity index is 3.94. The van der Waals surface area contributed by atoms with E-state index < -0.39 is 0 Å². The van der Waals surface area contributed by atoms with Crippen molar-refractivity contribution in [1.82, 2.24) is 0 Å². The summed E-state index contributed by atoms with van der Waals surface area (Å²) in [6.07, 6.45) is 13.2. The second-order valence-electron chi connectivity index (χ2n) is 6.33. The summed E-state index contributed by atoms with van der Waals surface area (Å²) in [5.41, 5.74) is 10.1. The van der Waals surface area contributed by atoms with Crippen molar-refractivity contribution < 1.29 is 0 Å². The van der Waals surface area contributed by atoms with Crippen LogP contribution >= 0.6 is 0 Å². The number of rotatable bonds is 8. The Hall–Kier alpha value is -1.78. The molecule has 130 valence electrons. The van der Waals surface area contributed by atoms with Crippen LogP contribution in [0.4, 0.5) is 0 Å². The van der Waals surface area contributed by atoms with Crippen LogP contribution in [0.1, 0.15) is 75.6 Å². The maximum Gasteiger partial charge on any atom is 0.0314 e. The average Bonchev–Trinajstić information content (AvgIpc) is 2.59. The highest BCUT2D eigenvalue weighted by atomic mass is 14.2. The average molecular weight is 323 g/mol. The predicted octanol–water partition coefficient (Wildman–Crippen LogP) is 5.64. The SMILES string of the molecule is C=CC(=C)c1c(C)c(CC)c(CCCCC)c(=CC)c1=C=CCC. The monoisotopic (exact) mass is 322 g/mol. The van der Waals surface area contributed by atoms with E-state index in [-0.39, 0.29) is 0 Å². The van der Waals surface area contributed by atoms with E-state index in [4.69, 9.17) is 0 Å². The van der Waals surface area contributed by atoms with Crippen LogP contribution in [0.3, 0.4) is 0 Å². The van der Waals surface area contributed by atoms with Gasteiger partial charge in [-0.3, -0.25) is 0 Å². The normalized spacial score (nSPS) is 11.3. The molecule has 0 saturated carbocycles. The largest absolute Gasteiger partial charge is 0.116 e. The lowest BCUT2D eigenvalue weighted by molar-refractivity contribution is 0.710. The third-order valence-electron chi connectivity index (χ3n) is 4.73. The van der Waals surface area contributed by atoms with Crippen molar-refractivity contribution in [3.05, 3.63) is 58.0 Å². The molecule has 0 heteroatoms. The molecule has 0 aliphatic carbocycles. The molecule has 0 unspecified atom stereocenters. The third kappa shape index (κ3) is 4.40. The van der Waals surface area contributed by atoms with Crippen LogP contribution in [0, 0.1) is 6.92 Å². The molecule has 1 aromatic carbocycles. The molecule has 24 heavy (non-hydrogen) atoms. The number of hydrogen-bond donors (Lipinski definition) is 0. The van der Waals surface area contributed by atoms with E-state index in [2.05, 4.69) is 65.7 Å². The molecule has 1 aromatic rings. The summed E-state index contributed by atoms with van der Waals surface area (Å²) in [5, 5.41) is 2.54. The molecule has 0 amide bonds. The molecular formula is C24H34. The van der Waals surface area contributed by atoms with Crippen LogP contribution in [0.2, 0.25) is 0 Å². The zero-order valence-corrected chi connectivity index (χ0v) is 16.4. The van der Waals surface area contributed by atoms with Crippen molar-refractivity contribution in [3.63, 3.8) is 0 Å². The summed E-state index contributed by atoms with van der Waals surface area (Å²) in [5.74, 6) is 0. The van der Waals surface area contributed by atoms with E-state index in [1.165, 1.54) is 52.0 Å². The maximum atomic E-state index is 4.24. The van der Waals surface area contributed by atoms with Gasteiger partial charge in [0.2, 0.25) is 0 Å². The Kier molecular flexibility index (Phi) is 8.58. The summed E-state index contributed by atoms with van der Waals surface area (Å²) < 4.78 is 0. The van der Waals surface area contributed by atoms with Gasteiger partial charge in [-0.2, -0.15) is 0 Å². The van der Waals surface area contributed by atoms with Gasteiger partial charge in [0.25, 0.3) is 0 Å². The maximum absolute atomic E-state index is 4.24. The Bertz CT molecular complexity index is 737. The molecular weight excluding hydrogens is 288 g/mol. The van der Waals surface area contributed by atoms with Gasteiger partial charge < -0.3 is 0 Å². The van der Waals surface area contributed by atoms with Crippen molar-refractivity contribution in [2.75, 3.05) is 0 Å². The molecule has 0 heterocycles. The number of allylic oxidation sites excluding steroid dienone is 3. The predicted molar refractivity (Wildman–Crippen MR) is 111 cm³/mol. The van der Waals surface area contributed by atoms with Gasteiger partial charge in [0.05, 0.1) is 0 Å². The van der Waals surface area contributed by atoms with Crippen LogP contribution in [-0.2, 0) is 12.8 Å². The minimum absolute atomic E-state index is 0.989. The molecule has 0 spiro atoms. The first-order valence-electron chi connectivity index (χ1n) is 9.44. The van der Waals surface area contributed by atoms with Crippen LogP contribution < -0.4 is 10.4 Å². The van der Waals surface area contributed by atoms with Crippen molar-refractivity contribution in [3.8, 4) is 0 Å². The van der Waals surface area contributed by atoms with Crippen molar-refractivity contribution in [2.45, 2.75) is 73.1 Å². The lowest BCUT2D eigenvalue weighted by atomic mass is 9.86. The Morgan fingerprint density at radius 2 is 1.83 bits per heavy atom. The second-order valence-corrected chi connectivity index (χ2v) is 6.33. The molecule has 0 nitrogen and oxygen atoms in total. The highest BCUT2D eigenvalue weighted by Crippen LogP contribution is 2.21. The van der Waals surface area contributed by atoms with Gasteiger partial charge in [0, 0.05) is 5.22 Å². The fourth-order valence-corrected chi connectivity index (χ4v) is 3.50. The highest BCUT2D eigenvalue weighted by molar-refractivity contribution is 5.76. The molecule has 0 N–H and O–H groups in total. The second kappa shape index (κ2) is 10.2. The minimum Gasteiger partial charge on any atom is -0.116 e. The summed E-state index contributed by atoms with van der Waals surface area (Å²) in [6, 6.07) is 0. The first-order chi connectivity index (χ1) is 11.6. The van der Waals surface area contributed by atoms with E-state index in [1.54, 1.807) is 0 Å². The Morgan fingerprint density at radius 3 is 2.33 bits per heavy atom. The van der Waals surface area contributed by atoms with Gasteiger partial charge in [0.15, 0.2) is 0 Å². The fraction of sp³-hybridized carbons (Fsp3) is 0.458. The molecule has 0 atom stereocenters. The van der Waals surface area contributed by atoms with E-state index in [0.717, 1.165) is 24.8 Å².